The van der Waals surface area contributed by atoms with Crippen molar-refractivity contribution in [1.82, 2.24) is 9.88 Å². The SMILES string of the molecule is O=C(O)C(F)(F)F.O=C(O)C(F)(F)F.O=C1N(CC2CC2)c2ccccc2C12CCN(Cc1cccnc1)C2. The van der Waals surface area contributed by atoms with E-state index in [9.17, 15) is 31.1 Å². The normalized spacial score (nSPS) is 20.6. The molecule has 39 heavy (non-hydrogen) atoms. The van der Waals surface area contributed by atoms with Crippen LogP contribution in [-0.4, -0.2) is 69.9 Å². The summed E-state index contributed by atoms with van der Waals surface area (Å²) in [7, 11) is 0. The van der Waals surface area contributed by atoms with E-state index in [1.165, 1.54) is 24.0 Å². The highest BCUT2D eigenvalue weighted by molar-refractivity contribution is 6.08. The number of hydrogen-bond donors (Lipinski definition) is 2. The molecule has 8 nitrogen and oxygen atoms in total. The monoisotopic (exact) mass is 561 g/mol. The van der Waals surface area contributed by atoms with Gasteiger partial charge in [0.1, 0.15) is 0 Å². The Morgan fingerprint density at radius 1 is 0.974 bits per heavy atom. The number of nitrogens with zero attached hydrogens (tertiary/aromatic N) is 3. The average molecular weight is 561 g/mol. The molecule has 1 aromatic carbocycles. The number of aromatic nitrogens is 1. The van der Waals surface area contributed by atoms with E-state index in [1.807, 2.05) is 18.5 Å². The number of fused-ring (bicyclic) bond motifs is 2. The third-order valence-corrected chi connectivity index (χ3v) is 6.46. The molecule has 1 spiro atoms. The number of anilines is 1. The lowest BCUT2D eigenvalue weighted by molar-refractivity contribution is -0.193. The van der Waals surface area contributed by atoms with Crippen LogP contribution in [0.2, 0.25) is 0 Å². The van der Waals surface area contributed by atoms with E-state index in [-0.39, 0.29) is 5.41 Å². The molecular weight excluding hydrogens is 536 g/mol. The van der Waals surface area contributed by atoms with Crippen LogP contribution in [0.25, 0.3) is 0 Å². The van der Waals surface area contributed by atoms with Crippen molar-refractivity contribution in [3.63, 3.8) is 0 Å². The first-order chi connectivity index (χ1) is 18.1. The molecule has 212 valence electrons. The van der Waals surface area contributed by atoms with Gasteiger partial charge < -0.3 is 15.1 Å². The highest BCUT2D eigenvalue weighted by atomic mass is 19.4. The third kappa shape index (κ3) is 7.46. The third-order valence-electron chi connectivity index (χ3n) is 6.46. The molecule has 1 unspecified atom stereocenters. The number of rotatable bonds is 4. The van der Waals surface area contributed by atoms with Gasteiger partial charge in [-0.1, -0.05) is 24.3 Å². The summed E-state index contributed by atoms with van der Waals surface area (Å²) in [6.07, 6.45) is -2.97. The number of amides is 1. The predicted molar refractivity (Wildman–Crippen MR) is 125 cm³/mol. The number of likely N-dealkylation sites (tertiary alicyclic amines) is 1. The summed E-state index contributed by atoms with van der Waals surface area (Å²) in [6, 6.07) is 12.5. The van der Waals surface area contributed by atoms with E-state index in [2.05, 4.69) is 45.1 Å². The summed E-state index contributed by atoms with van der Waals surface area (Å²) < 4.78 is 63.5. The van der Waals surface area contributed by atoms with Crippen molar-refractivity contribution in [3.05, 3.63) is 59.9 Å². The van der Waals surface area contributed by atoms with Gasteiger partial charge in [-0.05, 0) is 55.0 Å². The molecule has 1 atom stereocenters. The molecule has 2 aliphatic heterocycles. The molecule has 3 aliphatic rings. The Morgan fingerprint density at radius 3 is 2.08 bits per heavy atom. The lowest BCUT2D eigenvalue weighted by Crippen LogP contribution is -2.43. The summed E-state index contributed by atoms with van der Waals surface area (Å²) >= 11 is 0. The second kappa shape index (κ2) is 11.6. The smallest absolute Gasteiger partial charge is 0.475 e. The molecule has 1 aromatic heterocycles. The standard InChI is InChI=1S/C21H23N3O.2C2HF3O2/c25-20-21(9-11-23(15-21)13-17-4-3-10-22-12-17)18-5-1-2-6-19(18)24(20)14-16-7-8-16;2*3-2(4,5)1(6)7/h1-6,10,12,16H,7-9,11,13-15H2;2*(H,6,7). The van der Waals surface area contributed by atoms with Gasteiger partial charge in [0.15, 0.2) is 0 Å². The molecule has 1 saturated heterocycles. The lowest BCUT2D eigenvalue weighted by atomic mass is 9.81. The zero-order valence-electron chi connectivity index (χ0n) is 20.4. The van der Waals surface area contributed by atoms with Gasteiger partial charge in [-0.25, -0.2) is 9.59 Å². The molecule has 1 aliphatic carbocycles. The summed E-state index contributed by atoms with van der Waals surface area (Å²) in [6.45, 7) is 3.55. The minimum absolute atomic E-state index is 0.328. The summed E-state index contributed by atoms with van der Waals surface area (Å²) in [5.41, 5.74) is 3.28. The summed E-state index contributed by atoms with van der Waals surface area (Å²) in [5, 5.41) is 14.2. The van der Waals surface area contributed by atoms with Crippen LogP contribution >= 0.6 is 0 Å². The van der Waals surface area contributed by atoms with Gasteiger partial charge in [0.25, 0.3) is 0 Å². The van der Waals surface area contributed by atoms with Crippen molar-refractivity contribution in [2.24, 2.45) is 5.92 Å². The van der Waals surface area contributed by atoms with Gasteiger partial charge in [0.2, 0.25) is 5.91 Å². The van der Waals surface area contributed by atoms with E-state index in [1.54, 1.807) is 0 Å². The second-order valence-corrected chi connectivity index (χ2v) is 9.39. The summed E-state index contributed by atoms with van der Waals surface area (Å²) in [4.78, 5) is 39.9. The number of aliphatic carboxylic acids is 2. The fourth-order valence-electron chi connectivity index (χ4n) is 4.50. The van der Waals surface area contributed by atoms with Crippen LogP contribution in [0.3, 0.4) is 0 Å². The number of para-hydroxylation sites is 1. The zero-order valence-corrected chi connectivity index (χ0v) is 20.4. The molecule has 1 amide bonds. The van der Waals surface area contributed by atoms with Crippen LogP contribution in [0.1, 0.15) is 30.4 Å². The summed E-state index contributed by atoms with van der Waals surface area (Å²) in [5.74, 6) is -4.48. The first kappa shape index (κ1) is 29.9. The maximum absolute atomic E-state index is 13.4. The highest BCUT2D eigenvalue weighted by Crippen LogP contribution is 2.48. The second-order valence-electron chi connectivity index (χ2n) is 9.39. The van der Waals surface area contributed by atoms with Gasteiger partial charge in [-0.3, -0.25) is 14.7 Å². The molecule has 2 aromatic rings. The van der Waals surface area contributed by atoms with E-state index in [0.29, 0.717) is 11.8 Å². The van der Waals surface area contributed by atoms with Gasteiger partial charge in [-0.2, -0.15) is 26.3 Å². The van der Waals surface area contributed by atoms with Crippen LogP contribution in [0, 0.1) is 5.92 Å². The maximum Gasteiger partial charge on any atom is 0.490 e. The van der Waals surface area contributed by atoms with Crippen LogP contribution in [0.15, 0.2) is 48.8 Å². The van der Waals surface area contributed by atoms with Crippen LogP contribution in [0.4, 0.5) is 32.0 Å². The Hall–Kier alpha value is -3.68. The average Bonchev–Trinajstić information content (AvgIpc) is 3.54. The molecule has 0 bridgehead atoms. The Bertz CT molecular complexity index is 1160. The molecular formula is C25H25F6N3O5. The minimum atomic E-state index is -5.08. The first-order valence-electron chi connectivity index (χ1n) is 11.8. The number of carbonyl (C=O) groups is 3. The van der Waals surface area contributed by atoms with E-state index in [0.717, 1.165) is 38.3 Å². The first-order valence-corrected chi connectivity index (χ1v) is 11.8. The predicted octanol–water partition coefficient (Wildman–Crippen LogP) is 4.25. The number of carbonyl (C=O) groups excluding carboxylic acids is 1. The van der Waals surface area contributed by atoms with Crippen molar-refractivity contribution in [2.45, 2.75) is 43.6 Å². The van der Waals surface area contributed by atoms with Crippen LogP contribution < -0.4 is 4.90 Å². The van der Waals surface area contributed by atoms with Crippen molar-refractivity contribution in [3.8, 4) is 0 Å². The Labute approximate surface area is 218 Å². The van der Waals surface area contributed by atoms with Crippen LogP contribution in [-0.2, 0) is 26.3 Å². The number of carboxylic acids is 2. The number of carboxylic acid groups (broad SMARTS) is 2. The quantitative estimate of drug-likeness (QED) is 0.537. The minimum Gasteiger partial charge on any atom is -0.475 e. The lowest BCUT2D eigenvalue weighted by Gasteiger charge is -2.24. The molecule has 2 fully saturated rings. The number of halogens is 6. The Kier molecular flexibility index (Phi) is 8.88. The van der Waals surface area contributed by atoms with Gasteiger partial charge in [0, 0.05) is 37.7 Å². The maximum atomic E-state index is 13.4. The van der Waals surface area contributed by atoms with Crippen molar-refractivity contribution < 1.29 is 50.9 Å². The fourth-order valence-corrected chi connectivity index (χ4v) is 4.50. The topological polar surface area (TPSA) is 111 Å². The van der Waals surface area contributed by atoms with Gasteiger partial charge in [0.05, 0.1) is 5.41 Å². The molecule has 0 radical (unpaired) electrons. The fraction of sp³-hybridized carbons (Fsp3) is 0.440. The van der Waals surface area contributed by atoms with E-state index < -0.39 is 24.3 Å². The zero-order chi connectivity index (χ0) is 29.0. The van der Waals surface area contributed by atoms with Gasteiger partial charge in [-0.15, -0.1) is 0 Å². The molecule has 3 heterocycles. The van der Waals surface area contributed by atoms with Crippen LogP contribution in [0.5, 0.6) is 0 Å². The number of hydrogen-bond acceptors (Lipinski definition) is 5. The number of benzene rings is 1. The number of alkyl halides is 6. The van der Waals surface area contributed by atoms with Crippen molar-refractivity contribution >= 4 is 23.5 Å². The Balaban J connectivity index is 0.000000251. The van der Waals surface area contributed by atoms with Crippen molar-refractivity contribution in [2.75, 3.05) is 24.5 Å². The van der Waals surface area contributed by atoms with E-state index in [4.69, 9.17) is 19.8 Å². The van der Waals surface area contributed by atoms with Crippen molar-refractivity contribution in [1.29, 1.82) is 0 Å². The molecule has 1 saturated carbocycles. The van der Waals surface area contributed by atoms with Gasteiger partial charge >= 0.3 is 24.3 Å². The highest BCUT2D eigenvalue weighted by Gasteiger charge is 2.54. The molecule has 5 rings (SSSR count). The number of pyridine rings is 1. The molecule has 14 heteroatoms. The molecule has 2 N–H and O–H groups in total. The Morgan fingerprint density at radius 2 is 1.56 bits per heavy atom. The van der Waals surface area contributed by atoms with E-state index >= 15 is 0 Å². The largest absolute Gasteiger partial charge is 0.490 e.